The molecular weight excluding hydrogens is 230 g/mol. The van der Waals surface area contributed by atoms with Gasteiger partial charge in [-0.1, -0.05) is 0 Å². The number of nitrogens with zero attached hydrogens (tertiary/aromatic N) is 2. The van der Waals surface area contributed by atoms with Gasteiger partial charge >= 0.3 is 5.97 Å². The molecule has 0 fully saturated rings. The van der Waals surface area contributed by atoms with Crippen LogP contribution in [0.25, 0.3) is 11.3 Å². The third-order valence-electron chi connectivity index (χ3n) is 2.16. The summed E-state index contributed by atoms with van der Waals surface area (Å²) >= 11 is 0. The molecule has 0 amide bonds. The van der Waals surface area contributed by atoms with Gasteiger partial charge < -0.3 is 9.67 Å². The van der Waals surface area contributed by atoms with Crippen molar-refractivity contribution >= 4 is 5.97 Å². The number of aliphatic carboxylic acids is 1. The van der Waals surface area contributed by atoms with Crippen LogP contribution in [0.4, 0.5) is 8.78 Å². The maximum Gasteiger partial charge on any atom is 0.323 e. The molecule has 0 atom stereocenters. The van der Waals surface area contributed by atoms with E-state index < -0.39 is 17.6 Å². The molecule has 1 heterocycles. The maximum absolute atomic E-state index is 13.4. The Balaban J connectivity index is 2.36. The number of imidazole rings is 1. The van der Waals surface area contributed by atoms with Crippen LogP contribution in [0.2, 0.25) is 0 Å². The average molecular weight is 238 g/mol. The minimum absolute atomic E-state index is 0.00846. The van der Waals surface area contributed by atoms with Crippen LogP contribution in [-0.4, -0.2) is 20.6 Å². The molecule has 1 N–H and O–H groups in total. The first-order valence-corrected chi connectivity index (χ1v) is 4.75. The Kier molecular flexibility index (Phi) is 2.86. The smallest absolute Gasteiger partial charge is 0.323 e. The number of aromatic nitrogens is 2. The van der Waals surface area contributed by atoms with Crippen molar-refractivity contribution in [1.82, 2.24) is 9.55 Å². The summed E-state index contributed by atoms with van der Waals surface area (Å²) in [6.07, 6.45) is 2.61. The van der Waals surface area contributed by atoms with E-state index in [2.05, 4.69) is 4.98 Å². The molecule has 0 spiro atoms. The first kappa shape index (κ1) is 11.3. The summed E-state index contributed by atoms with van der Waals surface area (Å²) in [5.74, 6) is -2.21. The molecule has 0 radical (unpaired) electrons. The highest BCUT2D eigenvalue weighted by atomic mass is 19.1. The van der Waals surface area contributed by atoms with Gasteiger partial charge in [0, 0.05) is 11.8 Å². The van der Waals surface area contributed by atoms with Gasteiger partial charge in [0.15, 0.2) is 0 Å². The van der Waals surface area contributed by atoms with Crippen molar-refractivity contribution in [3.8, 4) is 11.3 Å². The van der Waals surface area contributed by atoms with Crippen molar-refractivity contribution < 1.29 is 18.7 Å². The Morgan fingerprint density at radius 2 is 2.18 bits per heavy atom. The molecule has 0 unspecified atom stereocenters. The van der Waals surface area contributed by atoms with E-state index in [1.54, 1.807) is 0 Å². The van der Waals surface area contributed by atoms with E-state index in [0.717, 1.165) is 18.2 Å². The quantitative estimate of drug-likeness (QED) is 0.888. The van der Waals surface area contributed by atoms with Gasteiger partial charge in [0.1, 0.15) is 18.2 Å². The van der Waals surface area contributed by atoms with E-state index in [0.29, 0.717) is 0 Å². The van der Waals surface area contributed by atoms with Gasteiger partial charge in [0.25, 0.3) is 0 Å². The molecule has 0 aliphatic rings. The highest BCUT2D eigenvalue weighted by Crippen LogP contribution is 2.21. The molecule has 0 aliphatic heterocycles. The Bertz CT molecular complexity index is 566. The highest BCUT2D eigenvalue weighted by molar-refractivity contribution is 5.67. The van der Waals surface area contributed by atoms with Crippen molar-refractivity contribution in [3.05, 3.63) is 42.4 Å². The van der Waals surface area contributed by atoms with Crippen molar-refractivity contribution in [2.24, 2.45) is 0 Å². The second kappa shape index (κ2) is 4.32. The summed E-state index contributed by atoms with van der Waals surface area (Å²) in [6.45, 7) is -0.274. The molecule has 17 heavy (non-hydrogen) atoms. The average Bonchev–Trinajstić information content (AvgIpc) is 2.69. The van der Waals surface area contributed by atoms with Crippen LogP contribution >= 0.6 is 0 Å². The molecule has 0 aliphatic carbocycles. The van der Waals surface area contributed by atoms with Gasteiger partial charge in [-0.05, 0) is 18.2 Å². The summed E-state index contributed by atoms with van der Waals surface area (Å²) in [4.78, 5) is 14.3. The van der Waals surface area contributed by atoms with Gasteiger partial charge in [-0.3, -0.25) is 4.79 Å². The monoisotopic (exact) mass is 238 g/mol. The van der Waals surface area contributed by atoms with Crippen LogP contribution in [-0.2, 0) is 11.3 Å². The van der Waals surface area contributed by atoms with Gasteiger partial charge in [-0.25, -0.2) is 13.8 Å². The van der Waals surface area contributed by atoms with E-state index in [9.17, 15) is 13.6 Å². The van der Waals surface area contributed by atoms with Crippen LogP contribution in [0.1, 0.15) is 0 Å². The molecule has 6 heteroatoms. The minimum atomic E-state index is -1.03. The zero-order valence-corrected chi connectivity index (χ0v) is 8.60. The highest BCUT2D eigenvalue weighted by Gasteiger charge is 2.10. The normalized spacial score (nSPS) is 10.5. The standard InChI is InChI=1S/C11H8F2N2O2/c12-7-1-2-9(13)8(3-7)10-4-15(6-14-10)5-11(16)17/h1-4,6H,5H2,(H,16,17). The number of carbonyl (C=O) groups is 1. The predicted molar refractivity (Wildman–Crippen MR) is 55.2 cm³/mol. The van der Waals surface area contributed by atoms with E-state index in [-0.39, 0.29) is 17.8 Å². The van der Waals surface area contributed by atoms with Crippen molar-refractivity contribution in [2.75, 3.05) is 0 Å². The lowest BCUT2D eigenvalue weighted by atomic mass is 10.1. The number of benzene rings is 1. The maximum atomic E-state index is 13.4. The summed E-state index contributed by atoms with van der Waals surface area (Å²) < 4.78 is 27.6. The summed E-state index contributed by atoms with van der Waals surface area (Å²) in [7, 11) is 0. The predicted octanol–water partition coefficient (Wildman–Crippen LogP) is 1.91. The third-order valence-corrected chi connectivity index (χ3v) is 2.16. The first-order chi connectivity index (χ1) is 8.06. The molecule has 0 saturated heterocycles. The zero-order chi connectivity index (χ0) is 12.4. The number of halogens is 2. The number of rotatable bonds is 3. The van der Waals surface area contributed by atoms with E-state index >= 15 is 0 Å². The van der Waals surface area contributed by atoms with Crippen LogP contribution in [0.5, 0.6) is 0 Å². The third kappa shape index (κ3) is 2.47. The SMILES string of the molecule is O=C(O)Cn1cnc(-c2cc(F)ccc2F)c1. The number of hydrogen-bond donors (Lipinski definition) is 1. The topological polar surface area (TPSA) is 55.1 Å². The zero-order valence-electron chi connectivity index (χ0n) is 8.60. The van der Waals surface area contributed by atoms with E-state index in [1.807, 2.05) is 0 Å². The van der Waals surface area contributed by atoms with Crippen LogP contribution < -0.4 is 0 Å². The molecule has 1 aromatic heterocycles. The lowest BCUT2D eigenvalue weighted by molar-refractivity contribution is -0.137. The number of hydrogen-bond acceptors (Lipinski definition) is 2. The van der Waals surface area contributed by atoms with Gasteiger partial charge in [0.05, 0.1) is 12.0 Å². The Morgan fingerprint density at radius 1 is 1.41 bits per heavy atom. The largest absolute Gasteiger partial charge is 0.480 e. The van der Waals surface area contributed by atoms with Crippen LogP contribution in [0, 0.1) is 11.6 Å². The summed E-state index contributed by atoms with van der Waals surface area (Å²) in [5.41, 5.74) is 0.206. The lowest BCUT2D eigenvalue weighted by Crippen LogP contribution is -2.06. The fourth-order valence-corrected chi connectivity index (χ4v) is 1.44. The van der Waals surface area contributed by atoms with Gasteiger partial charge in [-0.2, -0.15) is 0 Å². The lowest BCUT2D eigenvalue weighted by Gasteiger charge is -1.99. The molecular formula is C11H8F2N2O2. The minimum Gasteiger partial charge on any atom is -0.480 e. The van der Waals surface area contributed by atoms with Gasteiger partial charge in [-0.15, -0.1) is 0 Å². The molecule has 88 valence electrons. The number of carboxylic acid groups (broad SMARTS) is 1. The van der Waals surface area contributed by atoms with Crippen molar-refractivity contribution in [1.29, 1.82) is 0 Å². The Hall–Kier alpha value is -2.24. The Morgan fingerprint density at radius 3 is 2.88 bits per heavy atom. The van der Waals surface area contributed by atoms with Crippen molar-refractivity contribution in [2.45, 2.75) is 6.54 Å². The molecule has 2 rings (SSSR count). The van der Waals surface area contributed by atoms with E-state index in [4.69, 9.17) is 5.11 Å². The van der Waals surface area contributed by atoms with Crippen LogP contribution in [0.3, 0.4) is 0 Å². The fraction of sp³-hybridized carbons (Fsp3) is 0.0909. The fourth-order valence-electron chi connectivity index (χ4n) is 1.44. The van der Waals surface area contributed by atoms with E-state index in [1.165, 1.54) is 17.1 Å². The second-order valence-electron chi connectivity index (χ2n) is 3.45. The number of carboxylic acids is 1. The Labute approximate surface area is 95.1 Å². The van der Waals surface area contributed by atoms with Crippen molar-refractivity contribution in [3.63, 3.8) is 0 Å². The second-order valence-corrected chi connectivity index (χ2v) is 3.45. The first-order valence-electron chi connectivity index (χ1n) is 4.75. The molecule has 0 bridgehead atoms. The van der Waals surface area contributed by atoms with Gasteiger partial charge in [0.2, 0.25) is 0 Å². The van der Waals surface area contributed by atoms with Crippen LogP contribution in [0.15, 0.2) is 30.7 Å². The molecule has 0 saturated carbocycles. The summed E-state index contributed by atoms with van der Waals surface area (Å²) in [5, 5.41) is 8.56. The molecule has 1 aromatic carbocycles. The molecule has 2 aromatic rings. The molecule has 4 nitrogen and oxygen atoms in total. The summed E-state index contributed by atoms with van der Waals surface area (Å²) in [6, 6.07) is 3.02.